The third kappa shape index (κ3) is 4.79. The molecule has 0 bridgehead atoms. The number of ether oxygens (including phenoxy) is 1. The largest absolute Gasteiger partial charge is 0.383 e. The zero-order valence-electron chi connectivity index (χ0n) is 16.3. The number of methoxy groups -OCH3 is 1. The molecule has 1 heterocycles. The summed E-state index contributed by atoms with van der Waals surface area (Å²) in [7, 11) is 1.66. The summed E-state index contributed by atoms with van der Waals surface area (Å²) in [5, 5.41) is 12.3. The van der Waals surface area contributed by atoms with Crippen molar-refractivity contribution in [2.75, 3.05) is 24.8 Å². The number of carbonyl (C=O) groups excluding carboxylic acids is 1. The van der Waals surface area contributed by atoms with Crippen LogP contribution in [0.1, 0.15) is 11.1 Å². The number of nitrogens with one attached hydrogen (secondary N) is 1. The Morgan fingerprint density at radius 1 is 1.11 bits per heavy atom. The molecule has 0 spiro atoms. The van der Waals surface area contributed by atoms with Crippen LogP contribution in [0.25, 0.3) is 11.4 Å². The van der Waals surface area contributed by atoms with E-state index in [2.05, 4.69) is 15.5 Å². The van der Waals surface area contributed by atoms with Crippen LogP contribution in [0.15, 0.2) is 53.7 Å². The quantitative estimate of drug-likeness (QED) is 0.584. The zero-order valence-corrected chi connectivity index (χ0v) is 17.1. The molecule has 0 radical (unpaired) electrons. The van der Waals surface area contributed by atoms with E-state index in [0.717, 1.165) is 28.2 Å². The fraction of sp³-hybridized carbons (Fsp3) is 0.286. The van der Waals surface area contributed by atoms with E-state index in [1.807, 2.05) is 66.9 Å². The van der Waals surface area contributed by atoms with Gasteiger partial charge in [0.1, 0.15) is 0 Å². The normalized spacial score (nSPS) is 10.8. The zero-order chi connectivity index (χ0) is 19.9. The Kier molecular flexibility index (Phi) is 6.84. The van der Waals surface area contributed by atoms with Crippen molar-refractivity contribution in [2.45, 2.75) is 25.5 Å². The Morgan fingerprint density at radius 3 is 2.64 bits per heavy atom. The Bertz CT molecular complexity index is 941. The Hall–Kier alpha value is -2.64. The minimum atomic E-state index is -0.0683. The minimum absolute atomic E-state index is 0.0683. The van der Waals surface area contributed by atoms with E-state index in [4.69, 9.17) is 4.74 Å². The summed E-state index contributed by atoms with van der Waals surface area (Å²) in [4.78, 5) is 12.4. The van der Waals surface area contributed by atoms with E-state index in [1.165, 1.54) is 11.8 Å². The molecule has 28 heavy (non-hydrogen) atoms. The first kappa shape index (κ1) is 20.1. The maximum atomic E-state index is 12.4. The van der Waals surface area contributed by atoms with Gasteiger partial charge in [-0.1, -0.05) is 54.2 Å². The molecule has 1 N–H and O–H groups in total. The van der Waals surface area contributed by atoms with Crippen LogP contribution in [0.5, 0.6) is 0 Å². The predicted octanol–water partition coefficient (Wildman–Crippen LogP) is 3.94. The highest BCUT2D eigenvalue weighted by Gasteiger charge is 2.16. The number of hydrogen-bond acceptors (Lipinski definition) is 5. The number of aryl methyl sites for hydroxylation is 1. The third-order valence-corrected chi connectivity index (χ3v) is 5.45. The van der Waals surface area contributed by atoms with Crippen molar-refractivity contribution in [3.8, 4) is 11.4 Å². The molecule has 0 saturated heterocycles. The third-order valence-electron chi connectivity index (χ3n) is 4.48. The van der Waals surface area contributed by atoms with E-state index in [1.54, 1.807) is 7.11 Å². The smallest absolute Gasteiger partial charge is 0.234 e. The number of benzene rings is 2. The number of thioether (sulfide) groups is 1. The molecule has 146 valence electrons. The maximum absolute atomic E-state index is 12.4. The summed E-state index contributed by atoms with van der Waals surface area (Å²) in [6.45, 7) is 5.20. The van der Waals surface area contributed by atoms with Gasteiger partial charge in [0.05, 0.1) is 18.9 Å². The van der Waals surface area contributed by atoms with Gasteiger partial charge in [-0.15, -0.1) is 10.2 Å². The summed E-state index contributed by atoms with van der Waals surface area (Å²) >= 11 is 1.37. The lowest BCUT2D eigenvalue weighted by Gasteiger charge is -2.11. The van der Waals surface area contributed by atoms with E-state index < -0.39 is 0 Å². The molecular weight excluding hydrogens is 372 g/mol. The highest BCUT2D eigenvalue weighted by atomic mass is 32.2. The lowest BCUT2D eigenvalue weighted by Crippen LogP contribution is -2.16. The van der Waals surface area contributed by atoms with Gasteiger partial charge in [0.2, 0.25) is 5.91 Å². The molecule has 0 aliphatic rings. The number of hydrogen-bond donors (Lipinski definition) is 1. The molecule has 3 rings (SSSR count). The van der Waals surface area contributed by atoms with Gasteiger partial charge in [0.15, 0.2) is 11.0 Å². The Morgan fingerprint density at radius 2 is 1.89 bits per heavy atom. The van der Waals surface area contributed by atoms with Gasteiger partial charge in [0.25, 0.3) is 0 Å². The second-order valence-corrected chi connectivity index (χ2v) is 7.34. The van der Waals surface area contributed by atoms with Crippen LogP contribution in [0.3, 0.4) is 0 Å². The van der Waals surface area contributed by atoms with Gasteiger partial charge >= 0.3 is 0 Å². The van der Waals surface area contributed by atoms with Crippen LogP contribution in [0.2, 0.25) is 0 Å². The van der Waals surface area contributed by atoms with E-state index in [9.17, 15) is 4.79 Å². The highest BCUT2D eigenvalue weighted by Crippen LogP contribution is 2.24. The summed E-state index contributed by atoms with van der Waals surface area (Å²) in [5.74, 6) is 0.962. The van der Waals surface area contributed by atoms with E-state index >= 15 is 0 Å². The molecule has 2 aromatic carbocycles. The first-order valence-corrected chi connectivity index (χ1v) is 10.0. The van der Waals surface area contributed by atoms with Gasteiger partial charge < -0.3 is 10.1 Å². The molecule has 0 fully saturated rings. The molecule has 7 heteroatoms. The molecule has 0 unspecified atom stereocenters. The summed E-state index contributed by atoms with van der Waals surface area (Å²) in [6.07, 6.45) is 0. The van der Waals surface area contributed by atoms with Gasteiger partial charge in [-0.05, 0) is 31.0 Å². The number of nitrogens with zero attached hydrogens (tertiary/aromatic N) is 3. The van der Waals surface area contributed by atoms with Gasteiger partial charge in [-0.25, -0.2) is 0 Å². The van der Waals surface area contributed by atoms with Crippen LogP contribution >= 0.6 is 11.8 Å². The number of amides is 1. The molecule has 1 amide bonds. The van der Waals surface area contributed by atoms with Crippen LogP contribution in [0, 0.1) is 13.8 Å². The molecule has 3 aromatic rings. The molecular formula is C21H24N4O2S. The molecule has 1 aromatic heterocycles. The second kappa shape index (κ2) is 9.52. The molecule has 0 aliphatic carbocycles. The van der Waals surface area contributed by atoms with Crippen molar-refractivity contribution in [3.63, 3.8) is 0 Å². The van der Waals surface area contributed by atoms with Gasteiger partial charge in [-0.2, -0.15) is 0 Å². The Balaban J connectivity index is 1.72. The summed E-state index contributed by atoms with van der Waals surface area (Å²) in [6, 6.07) is 15.8. The summed E-state index contributed by atoms with van der Waals surface area (Å²) < 4.78 is 7.22. The van der Waals surface area contributed by atoms with Crippen molar-refractivity contribution in [2.24, 2.45) is 0 Å². The average molecular weight is 397 g/mol. The summed E-state index contributed by atoms with van der Waals surface area (Å²) in [5.41, 5.74) is 4.06. The lowest BCUT2D eigenvalue weighted by atomic mass is 10.1. The van der Waals surface area contributed by atoms with Gasteiger partial charge in [0, 0.05) is 18.4 Å². The van der Waals surface area contributed by atoms with Crippen molar-refractivity contribution < 1.29 is 9.53 Å². The van der Waals surface area contributed by atoms with Crippen molar-refractivity contribution in [3.05, 3.63) is 59.7 Å². The number of aromatic nitrogens is 3. The van der Waals surface area contributed by atoms with E-state index in [0.29, 0.717) is 18.3 Å². The molecule has 0 saturated carbocycles. The van der Waals surface area contributed by atoms with Crippen LogP contribution in [-0.4, -0.2) is 40.1 Å². The van der Waals surface area contributed by atoms with Crippen LogP contribution in [0.4, 0.5) is 5.69 Å². The molecule has 6 nitrogen and oxygen atoms in total. The standard InChI is InChI=1S/C21H24N4O2S/c1-15-8-7-11-18(16(15)2)22-19(26)14-28-21-24-23-20(25(21)12-13-27-3)17-9-5-4-6-10-17/h4-11H,12-14H2,1-3H3,(H,22,26). The predicted molar refractivity (Wildman–Crippen MR) is 113 cm³/mol. The highest BCUT2D eigenvalue weighted by molar-refractivity contribution is 7.99. The number of rotatable bonds is 8. The average Bonchev–Trinajstić information content (AvgIpc) is 3.11. The number of carbonyl (C=O) groups is 1. The Labute approximate surface area is 169 Å². The SMILES string of the molecule is COCCn1c(SCC(=O)Nc2cccc(C)c2C)nnc1-c1ccccc1. The van der Waals surface area contributed by atoms with Crippen molar-refractivity contribution >= 4 is 23.4 Å². The topological polar surface area (TPSA) is 69.0 Å². The monoisotopic (exact) mass is 396 g/mol. The van der Waals surface area contributed by atoms with Crippen LogP contribution < -0.4 is 5.32 Å². The van der Waals surface area contributed by atoms with Crippen LogP contribution in [-0.2, 0) is 16.1 Å². The van der Waals surface area contributed by atoms with Crippen molar-refractivity contribution in [1.82, 2.24) is 14.8 Å². The van der Waals surface area contributed by atoms with Gasteiger partial charge in [-0.3, -0.25) is 9.36 Å². The molecule has 0 aliphatic heterocycles. The first-order chi connectivity index (χ1) is 13.6. The lowest BCUT2D eigenvalue weighted by molar-refractivity contribution is -0.113. The number of anilines is 1. The van der Waals surface area contributed by atoms with Crippen molar-refractivity contribution in [1.29, 1.82) is 0 Å². The first-order valence-electron chi connectivity index (χ1n) is 9.06. The molecule has 0 atom stereocenters. The fourth-order valence-electron chi connectivity index (χ4n) is 2.78. The maximum Gasteiger partial charge on any atom is 0.234 e. The minimum Gasteiger partial charge on any atom is -0.383 e. The van der Waals surface area contributed by atoms with E-state index in [-0.39, 0.29) is 11.7 Å². The second-order valence-electron chi connectivity index (χ2n) is 6.40. The fourth-order valence-corrected chi connectivity index (χ4v) is 3.55.